The summed E-state index contributed by atoms with van der Waals surface area (Å²) < 4.78 is 0. The van der Waals surface area contributed by atoms with Crippen LogP contribution in [0.5, 0.6) is 0 Å². The van der Waals surface area contributed by atoms with Gasteiger partial charge in [-0.3, -0.25) is 4.79 Å². The number of amides is 1. The van der Waals surface area contributed by atoms with E-state index in [9.17, 15) is 4.79 Å². The summed E-state index contributed by atoms with van der Waals surface area (Å²) in [6.45, 7) is 4.19. The fourth-order valence-electron chi connectivity index (χ4n) is 2.33. The Balaban J connectivity index is 1.77. The third-order valence-corrected chi connectivity index (χ3v) is 4.78. The average molecular weight is 329 g/mol. The molecule has 0 bridgehead atoms. The Kier molecular flexibility index (Phi) is 6.68. The third-order valence-electron chi connectivity index (χ3n) is 3.77. The number of aryl methyl sites for hydroxylation is 1. The van der Waals surface area contributed by atoms with Gasteiger partial charge in [0, 0.05) is 28.8 Å². The lowest BCUT2D eigenvalue weighted by Crippen LogP contribution is -3.08. The molecule has 4 heteroatoms. The molecule has 2 aromatic carbocycles. The lowest BCUT2D eigenvalue weighted by molar-refractivity contribution is -0.891. The van der Waals surface area contributed by atoms with E-state index in [2.05, 4.69) is 43.6 Å². The van der Waals surface area contributed by atoms with E-state index in [1.807, 2.05) is 36.0 Å². The lowest BCUT2D eigenvalue weighted by Gasteiger charge is -2.14. The van der Waals surface area contributed by atoms with Crippen molar-refractivity contribution in [1.82, 2.24) is 5.32 Å². The normalized spacial score (nSPS) is 12.0. The molecule has 2 aromatic rings. The van der Waals surface area contributed by atoms with Crippen molar-refractivity contribution in [2.75, 3.05) is 26.4 Å². The molecule has 0 aromatic heterocycles. The number of benzene rings is 2. The van der Waals surface area contributed by atoms with Gasteiger partial charge in [0.05, 0.1) is 13.6 Å². The number of rotatable bonds is 7. The topological polar surface area (TPSA) is 33.5 Å². The summed E-state index contributed by atoms with van der Waals surface area (Å²) in [6.07, 6.45) is 0. The van der Waals surface area contributed by atoms with Gasteiger partial charge in [-0.25, -0.2) is 0 Å². The van der Waals surface area contributed by atoms with Crippen LogP contribution in [0.4, 0.5) is 0 Å². The van der Waals surface area contributed by atoms with Gasteiger partial charge in [-0.1, -0.05) is 29.8 Å². The fourth-order valence-corrected chi connectivity index (χ4v) is 3.35. The smallest absolute Gasteiger partial charge is 0.251 e. The maximum atomic E-state index is 11.5. The standard InChI is InChI=1S/C19H24N2OS/c1-15-4-10-18(11-5-15)23-13-12-21(3)14-16-6-8-17(9-7-16)19(22)20-2/h4-11H,12-14H2,1-3H3,(H,20,22)/p+1. The van der Waals surface area contributed by atoms with Gasteiger partial charge >= 0.3 is 0 Å². The number of carbonyl (C=O) groups is 1. The Morgan fingerprint density at radius 3 is 2.35 bits per heavy atom. The molecule has 0 aliphatic rings. The molecule has 122 valence electrons. The summed E-state index contributed by atoms with van der Waals surface area (Å²) in [7, 11) is 3.86. The molecular weight excluding hydrogens is 304 g/mol. The molecule has 0 fully saturated rings. The highest BCUT2D eigenvalue weighted by molar-refractivity contribution is 7.99. The van der Waals surface area contributed by atoms with E-state index in [4.69, 9.17) is 0 Å². The number of hydrogen-bond donors (Lipinski definition) is 2. The maximum absolute atomic E-state index is 11.5. The van der Waals surface area contributed by atoms with Gasteiger partial charge in [0.25, 0.3) is 5.91 Å². The second kappa shape index (κ2) is 8.75. The largest absolute Gasteiger partial charge is 0.355 e. The molecule has 23 heavy (non-hydrogen) atoms. The molecule has 0 spiro atoms. The highest BCUT2D eigenvalue weighted by atomic mass is 32.2. The van der Waals surface area contributed by atoms with Crippen LogP contribution in [-0.4, -0.2) is 32.3 Å². The predicted octanol–water partition coefficient (Wildman–Crippen LogP) is 2.16. The van der Waals surface area contributed by atoms with Crippen molar-refractivity contribution in [2.45, 2.75) is 18.4 Å². The first-order valence-electron chi connectivity index (χ1n) is 7.90. The van der Waals surface area contributed by atoms with Gasteiger partial charge in [-0.05, 0) is 31.2 Å². The quantitative estimate of drug-likeness (QED) is 0.763. The zero-order valence-electron chi connectivity index (χ0n) is 14.1. The van der Waals surface area contributed by atoms with Gasteiger partial charge in [-0.15, -0.1) is 11.8 Å². The average Bonchev–Trinajstić information content (AvgIpc) is 2.56. The summed E-state index contributed by atoms with van der Waals surface area (Å²) in [6, 6.07) is 16.6. The molecule has 1 atom stereocenters. The van der Waals surface area contributed by atoms with Crippen LogP contribution in [0.25, 0.3) is 0 Å². The van der Waals surface area contributed by atoms with Gasteiger partial charge < -0.3 is 10.2 Å². The molecule has 0 aliphatic carbocycles. The van der Waals surface area contributed by atoms with E-state index in [-0.39, 0.29) is 5.91 Å². The Morgan fingerprint density at radius 2 is 1.74 bits per heavy atom. The van der Waals surface area contributed by atoms with E-state index in [0.717, 1.165) is 18.8 Å². The molecule has 1 amide bonds. The zero-order chi connectivity index (χ0) is 16.7. The number of thioether (sulfide) groups is 1. The molecule has 1 unspecified atom stereocenters. The lowest BCUT2D eigenvalue weighted by atomic mass is 10.1. The molecule has 0 heterocycles. The van der Waals surface area contributed by atoms with Crippen molar-refractivity contribution in [3.05, 3.63) is 65.2 Å². The van der Waals surface area contributed by atoms with Gasteiger partial charge in [-0.2, -0.15) is 0 Å². The van der Waals surface area contributed by atoms with Crippen molar-refractivity contribution in [3.63, 3.8) is 0 Å². The number of nitrogens with one attached hydrogen (secondary N) is 2. The second-order valence-corrected chi connectivity index (χ2v) is 6.99. The van der Waals surface area contributed by atoms with Crippen molar-refractivity contribution < 1.29 is 9.69 Å². The second-order valence-electron chi connectivity index (χ2n) is 5.82. The number of hydrogen-bond acceptors (Lipinski definition) is 2. The molecule has 0 saturated carbocycles. The SMILES string of the molecule is CNC(=O)c1ccc(C[NH+](C)CCSc2ccc(C)cc2)cc1. The van der Waals surface area contributed by atoms with Crippen molar-refractivity contribution in [2.24, 2.45) is 0 Å². The Hall–Kier alpha value is -1.78. The van der Waals surface area contributed by atoms with Crippen LogP contribution in [0.3, 0.4) is 0 Å². The third kappa shape index (κ3) is 5.73. The van der Waals surface area contributed by atoms with Crippen LogP contribution in [0.1, 0.15) is 21.5 Å². The van der Waals surface area contributed by atoms with E-state index in [1.165, 1.54) is 20.9 Å². The fraction of sp³-hybridized carbons (Fsp3) is 0.316. The summed E-state index contributed by atoms with van der Waals surface area (Å²) in [5.74, 6) is 1.07. The molecular formula is C19H25N2OS+. The van der Waals surface area contributed by atoms with Gasteiger partial charge in [0.15, 0.2) is 0 Å². The summed E-state index contributed by atoms with van der Waals surface area (Å²) in [5.41, 5.74) is 3.27. The van der Waals surface area contributed by atoms with Crippen molar-refractivity contribution >= 4 is 17.7 Å². The summed E-state index contributed by atoms with van der Waals surface area (Å²) >= 11 is 1.90. The van der Waals surface area contributed by atoms with Crippen LogP contribution in [0.15, 0.2) is 53.4 Å². The minimum atomic E-state index is -0.0354. The van der Waals surface area contributed by atoms with Crippen LogP contribution in [0.2, 0.25) is 0 Å². The predicted molar refractivity (Wildman–Crippen MR) is 97.2 cm³/mol. The summed E-state index contributed by atoms with van der Waals surface area (Å²) in [4.78, 5) is 14.3. The molecule has 2 rings (SSSR count). The molecule has 0 aliphatic heterocycles. The molecule has 3 nitrogen and oxygen atoms in total. The minimum Gasteiger partial charge on any atom is -0.355 e. The maximum Gasteiger partial charge on any atom is 0.251 e. The monoisotopic (exact) mass is 329 g/mol. The molecule has 0 radical (unpaired) electrons. The van der Waals surface area contributed by atoms with Crippen molar-refractivity contribution in [3.8, 4) is 0 Å². The first-order chi connectivity index (χ1) is 11.1. The highest BCUT2D eigenvalue weighted by Crippen LogP contribution is 2.17. The minimum absolute atomic E-state index is 0.0354. The van der Waals surface area contributed by atoms with Crippen LogP contribution < -0.4 is 10.2 Å². The summed E-state index contributed by atoms with van der Waals surface area (Å²) in [5, 5.41) is 2.64. The highest BCUT2D eigenvalue weighted by Gasteiger charge is 2.06. The van der Waals surface area contributed by atoms with E-state index >= 15 is 0 Å². The zero-order valence-corrected chi connectivity index (χ0v) is 14.9. The van der Waals surface area contributed by atoms with Gasteiger partial charge in [0.2, 0.25) is 0 Å². The van der Waals surface area contributed by atoms with E-state index in [1.54, 1.807) is 7.05 Å². The number of carbonyl (C=O) groups excluding carboxylic acids is 1. The number of quaternary nitrogens is 1. The Labute approximate surface area is 143 Å². The van der Waals surface area contributed by atoms with E-state index in [0.29, 0.717) is 5.56 Å². The van der Waals surface area contributed by atoms with Crippen LogP contribution in [-0.2, 0) is 6.54 Å². The Bertz CT molecular complexity index is 623. The van der Waals surface area contributed by atoms with Crippen molar-refractivity contribution in [1.29, 1.82) is 0 Å². The first kappa shape index (κ1) is 17.6. The van der Waals surface area contributed by atoms with E-state index < -0.39 is 0 Å². The Morgan fingerprint density at radius 1 is 1.09 bits per heavy atom. The van der Waals surface area contributed by atoms with Crippen LogP contribution in [0, 0.1) is 6.92 Å². The first-order valence-corrected chi connectivity index (χ1v) is 8.89. The van der Waals surface area contributed by atoms with Gasteiger partial charge in [0.1, 0.15) is 6.54 Å². The van der Waals surface area contributed by atoms with Crippen LogP contribution >= 0.6 is 11.8 Å². The molecule has 0 saturated heterocycles. The molecule has 2 N–H and O–H groups in total.